The fourth-order valence-corrected chi connectivity index (χ4v) is 0.587. The van der Waals surface area contributed by atoms with Gasteiger partial charge >= 0.3 is 6.03 Å². The Morgan fingerprint density at radius 2 is 1.91 bits per heavy atom. The molecular formula is C7H17N3O. The number of hydrogen-bond donors (Lipinski definition) is 3. The molecule has 2 amide bonds. The molecule has 0 aliphatic heterocycles. The quantitative estimate of drug-likeness (QED) is 0.544. The van der Waals surface area contributed by atoms with E-state index >= 15 is 0 Å². The fraction of sp³-hybridized carbons (Fsp3) is 0.857. The Bertz CT molecular complexity index is 125. The summed E-state index contributed by atoms with van der Waals surface area (Å²) < 4.78 is 0. The lowest BCUT2D eigenvalue weighted by molar-refractivity contribution is 0.235. The maximum Gasteiger partial charge on any atom is 0.315 e. The maximum atomic E-state index is 10.9. The Labute approximate surface area is 67.5 Å². The second kappa shape index (κ2) is 4.96. The first-order valence-corrected chi connectivity index (χ1v) is 3.83. The van der Waals surface area contributed by atoms with Gasteiger partial charge in [0.1, 0.15) is 0 Å². The minimum absolute atomic E-state index is 0.0359. The van der Waals surface area contributed by atoms with Crippen LogP contribution in [-0.4, -0.2) is 24.7 Å². The number of amides is 2. The molecule has 0 fully saturated rings. The molecule has 11 heavy (non-hydrogen) atoms. The van der Waals surface area contributed by atoms with Crippen molar-refractivity contribution < 1.29 is 4.79 Å². The minimum Gasteiger partial charge on any atom is -0.336 e. The lowest BCUT2D eigenvalue weighted by Gasteiger charge is -2.13. The number of carbonyl (C=O) groups is 1. The Kier molecular flexibility index (Phi) is 4.61. The summed E-state index contributed by atoms with van der Waals surface area (Å²) in [4.78, 5) is 10.9. The van der Waals surface area contributed by atoms with Crippen molar-refractivity contribution in [2.45, 2.75) is 32.9 Å². The van der Waals surface area contributed by atoms with Gasteiger partial charge in [0.05, 0.1) is 0 Å². The highest BCUT2D eigenvalue weighted by Crippen LogP contribution is 1.79. The monoisotopic (exact) mass is 159 g/mol. The third-order valence-electron chi connectivity index (χ3n) is 1.15. The summed E-state index contributed by atoms with van der Waals surface area (Å²) in [6, 6.07) is 0.0478. The third kappa shape index (κ3) is 5.66. The van der Waals surface area contributed by atoms with Crippen LogP contribution in [0.3, 0.4) is 0 Å². The molecule has 1 unspecified atom stereocenters. The van der Waals surface area contributed by atoms with Gasteiger partial charge in [0.2, 0.25) is 0 Å². The van der Waals surface area contributed by atoms with Crippen molar-refractivity contribution in [3.05, 3.63) is 0 Å². The molecule has 0 aromatic heterocycles. The molecule has 1 atom stereocenters. The molecule has 0 aliphatic rings. The smallest absolute Gasteiger partial charge is 0.315 e. The Balaban J connectivity index is 3.52. The van der Waals surface area contributed by atoms with Gasteiger partial charge in [-0.15, -0.1) is 0 Å². The van der Waals surface area contributed by atoms with Crippen molar-refractivity contribution in [2.24, 2.45) is 5.73 Å². The lowest BCUT2D eigenvalue weighted by atomic mass is 10.3. The molecule has 0 rings (SSSR count). The van der Waals surface area contributed by atoms with Gasteiger partial charge in [-0.05, 0) is 20.8 Å². The van der Waals surface area contributed by atoms with Crippen LogP contribution in [0.5, 0.6) is 0 Å². The van der Waals surface area contributed by atoms with Gasteiger partial charge < -0.3 is 16.4 Å². The summed E-state index contributed by atoms with van der Waals surface area (Å²) in [5.41, 5.74) is 5.31. The molecule has 0 aliphatic carbocycles. The molecule has 66 valence electrons. The number of carbonyl (C=O) groups excluding carboxylic acids is 1. The second-order valence-electron chi connectivity index (χ2n) is 2.91. The highest BCUT2D eigenvalue weighted by molar-refractivity contribution is 5.74. The molecule has 0 saturated heterocycles. The summed E-state index contributed by atoms with van der Waals surface area (Å²) >= 11 is 0. The van der Waals surface area contributed by atoms with Crippen LogP contribution in [0, 0.1) is 0 Å². The Morgan fingerprint density at radius 1 is 1.36 bits per heavy atom. The molecule has 0 spiro atoms. The van der Waals surface area contributed by atoms with Crippen LogP contribution >= 0.6 is 0 Å². The molecule has 0 heterocycles. The van der Waals surface area contributed by atoms with E-state index in [2.05, 4.69) is 10.6 Å². The second-order valence-corrected chi connectivity index (χ2v) is 2.91. The predicted molar refractivity (Wildman–Crippen MR) is 45.3 cm³/mol. The van der Waals surface area contributed by atoms with Crippen LogP contribution < -0.4 is 16.4 Å². The number of rotatable bonds is 3. The SMILES string of the molecule is CC(C)NC(=O)NC(C)CN. The van der Waals surface area contributed by atoms with Gasteiger partial charge in [0, 0.05) is 18.6 Å². The van der Waals surface area contributed by atoms with Gasteiger partial charge in [-0.3, -0.25) is 0 Å². The average molecular weight is 159 g/mol. The topological polar surface area (TPSA) is 67.2 Å². The minimum atomic E-state index is -0.155. The first-order chi connectivity index (χ1) is 5.06. The maximum absolute atomic E-state index is 10.9. The van der Waals surface area contributed by atoms with Crippen LogP contribution in [0.1, 0.15) is 20.8 Å². The number of nitrogens with one attached hydrogen (secondary N) is 2. The highest BCUT2D eigenvalue weighted by atomic mass is 16.2. The standard InChI is InChI=1S/C7H17N3O/c1-5(2)9-7(11)10-6(3)4-8/h5-6H,4,8H2,1-3H3,(H2,9,10,11). The van der Waals surface area contributed by atoms with Gasteiger partial charge in [0.15, 0.2) is 0 Å². The van der Waals surface area contributed by atoms with Gasteiger partial charge in [-0.25, -0.2) is 4.79 Å². The molecule has 0 saturated carbocycles. The van der Waals surface area contributed by atoms with Crippen LogP contribution in [0.15, 0.2) is 0 Å². The molecule has 4 heteroatoms. The number of urea groups is 1. The Morgan fingerprint density at radius 3 is 2.27 bits per heavy atom. The highest BCUT2D eigenvalue weighted by Gasteiger charge is 2.04. The van der Waals surface area contributed by atoms with E-state index in [0.717, 1.165) is 0 Å². The average Bonchev–Trinajstić information content (AvgIpc) is 1.85. The van der Waals surface area contributed by atoms with E-state index in [0.29, 0.717) is 6.54 Å². The summed E-state index contributed by atoms with van der Waals surface area (Å²) in [5.74, 6) is 0. The van der Waals surface area contributed by atoms with Crippen LogP contribution in [0.2, 0.25) is 0 Å². The summed E-state index contributed by atoms with van der Waals surface area (Å²) in [6.45, 7) is 6.14. The van der Waals surface area contributed by atoms with Crippen molar-refractivity contribution in [3.8, 4) is 0 Å². The zero-order valence-electron chi connectivity index (χ0n) is 7.35. The van der Waals surface area contributed by atoms with Gasteiger partial charge in [-0.2, -0.15) is 0 Å². The van der Waals surface area contributed by atoms with E-state index in [1.165, 1.54) is 0 Å². The van der Waals surface area contributed by atoms with Crippen LogP contribution in [0.4, 0.5) is 4.79 Å². The van der Waals surface area contributed by atoms with Crippen molar-refractivity contribution in [1.82, 2.24) is 10.6 Å². The van der Waals surface area contributed by atoms with Crippen molar-refractivity contribution in [1.29, 1.82) is 0 Å². The third-order valence-corrected chi connectivity index (χ3v) is 1.15. The van der Waals surface area contributed by atoms with E-state index in [1.54, 1.807) is 0 Å². The number of hydrogen-bond acceptors (Lipinski definition) is 2. The summed E-state index contributed by atoms with van der Waals surface area (Å²) in [5, 5.41) is 5.39. The van der Waals surface area contributed by atoms with E-state index in [4.69, 9.17) is 5.73 Å². The molecule has 4 N–H and O–H groups in total. The zero-order chi connectivity index (χ0) is 8.85. The van der Waals surface area contributed by atoms with Gasteiger partial charge in [0.25, 0.3) is 0 Å². The first-order valence-electron chi connectivity index (χ1n) is 3.83. The first kappa shape index (κ1) is 10.2. The van der Waals surface area contributed by atoms with Crippen LogP contribution in [0.25, 0.3) is 0 Å². The molecular weight excluding hydrogens is 142 g/mol. The largest absolute Gasteiger partial charge is 0.336 e. The molecule has 0 bridgehead atoms. The van der Waals surface area contributed by atoms with Crippen molar-refractivity contribution >= 4 is 6.03 Å². The zero-order valence-corrected chi connectivity index (χ0v) is 7.35. The molecule has 0 aromatic carbocycles. The van der Waals surface area contributed by atoms with E-state index in [9.17, 15) is 4.79 Å². The number of nitrogens with two attached hydrogens (primary N) is 1. The van der Waals surface area contributed by atoms with E-state index in [1.807, 2.05) is 20.8 Å². The van der Waals surface area contributed by atoms with E-state index in [-0.39, 0.29) is 18.1 Å². The van der Waals surface area contributed by atoms with E-state index < -0.39 is 0 Å². The Hall–Kier alpha value is -0.770. The summed E-state index contributed by atoms with van der Waals surface area (Å²) in [7, 11) is 0. The lowest BCUT2D eigenvalue weighted by Crippen LogP contribution is -2.46. The van der Waals surface area contributed by atoms with Crippen molar-refractivity contribution in [2.75, 3.05) is 6.54 Å². The normalized spacial score (nSPS) is 12.8. The molecule has 4 nitrogen and oxygen atoms in total. The predicted octanol–water partition coefficient (Wildman–Crippen LogP) is 0.0412. The molecule has 0 aromatic rings. The van der Waals surface area contributed by atoms with Crippen LogP contribution in [-0.2, 0) is 0 Å². The molecule has 0 radical (unpaired) electrons. The summed E-state index contributed by atoms with van der Waals surface area (Å²) in [6.07, 6.45) is 0. The van der Waals surface area contributed by atoms with Gasteiger partial charge in [-0.1, -0.05) is 0 Å². The fourth-order valence-electron chi connectivity index (χ4n) is 0.587. The van der Waals surface area contributed by atoms with Crippen molar-refractivity contribution in [3.63, 3.8) is 0 Å².